The van der Waals surface area contributed by atoms with Crippen LogP contribution in [-0.2, 0) is 4.74 Å². The highest BCUT2D eigenvalue weighted by Crippen LogP contribution is 2.34. The lowest BCUT2D eigenvalue weighted by molar-refractivity contribution is -0.0498. The molecule has 1 heterocycles. The molecule has 2 aromatic carbocycles. The minimum Gasteiger partial charge on any atom is -0.465 e. The van der Waals surface area contributed by atoms with Gasteiger partial charge in [-0.2, -0.15) is 8.78 Å². The van der Waals surface area contributed by atoms with Crippen LogP contribution < -0.4 is 10.1 Å². The molecule has 0 atom stereocenters. The largest absolute Gasteiger partial charge is 0.465 e. The lowest BCUT2D eigenvalue weighted by atomic mass is 9.78. The lowest BCUT2D eigenvalue weighted by Crippen LogP contribution is -2.14. The van der Waals surface area contributed by atoms with Crippen molar-refractivity contribution in [3.8, 4) is 5.75 Å². The first-order valence-electron chi connectivity index (χ1n) is 10.7. The van der Waals surface area contributed by atoms with Crippen LogP contribution in [0, 0.1) is 5.41 Å². The molecule has 1 aliphatic rings. The summed E-state index contributed by atoms with van der Waals surface area (Å²) in [6, 6.07) is 11.0. The van der Waals surface area contributed by atoms with Gasteiger partial charge in [-0.25, -0.2) is 9.78 Å². The second kappa shape index (κ2) is 10.4. The highest BCUT2D eigenvalue weighted by atomic mass is 19.3. The van der Waals surface area contributed by atoms with E-state index in [0.717, 1.165) is 0 Å². The van der Waals surface area contributed by atoms with E-state index in [4.69, 9.17) is 0 Å². The number of esters is 1. The number of H-pyrrole nitrogens is 1. The van der Waals surface area contributed by atoms with E-state index >= 15 is 0 Å². The number of rotatable bonds is 5. The van der Waals surface area contributed by atoms with Crippen LogP contribution in [0.1, 0.15) is 56.3 Å². The third kappa shape index (κ3) is 6.67. The summed E-state index contributed by atoms with van der Waals surface area (Å²) in [5.41, 5.74) is 3.07. The molecule has 4 rings (SSSR count). The van der Waals surface area contributed by atoms with Gasteiger partial charge in [-0.3, -0.25) is 0 Å². The first kappa shape index (κ1) is 23.5. The molecule has 0 saturated heterocycles. The van der Waals surface area contributed by atoms with E-state index in [9.17, 15) is 13.6 Å². The van der Waals surface area contributed by atoms with E-state index in [1.54, 1.807) is 30.3 Å². The molecule has 32 heavy (non-hydrogen) atoms. The summed E-state index contributed by atoms with van der Waals surface area (Å²) in [5.74, 6) is 0.0908. The molecule has 0 aliphatic heterocycles. The monoisotopic (exact) mass is 445 g/mol. The maximum Gasteiger partial charge on any atom is 0.387 e. The summed E-state index contributed by atoms with van der Waals surface area (Å²) in [6.45, 7) is 1.90. The Balaban J connectivity index is 0.000000305. The second-order valence-electron chi connectivity index (χ2n) is 8.56. The highest BCUT2D eigenvalue weighted by molar-refractivity contribution is 5.94. The number of carbonyl (C=O) groups excluding carboxylic acids is 1. The van der Waals surface area contributed by atoms with Crippen LogP contribution in [0.25, 0.3) is 11.0 Å². The van der Waals surface area contributed by atoms with Gasteiger partial charge in [0.1, 0.15) is 5.75 Å². The summed E-state index contributed by atoms with van der Waals surface area (Å²) in [7, 11) is 1.31. The van der Waals surface area contributed by atoms with Crippen molar-refractivity contribution in [3.63, 3.8) is 0 Å². The molecule has 1 aliphatic carbocycles. The second-order valence-corrected chi connectivity index (χ2v) is 8.56. The van der Waals surface area contributed by atoms with Crippen LogP contribution in [0.2, 0.25) is 0 Å². The fourth-order valence-corrected chi connectivity index (χ4v) is 3.68. The van der Waals surface area contributed by atoms with Gasteiger partial charge in [0.2, 0.25) is 5.95 Å². The van der Waals surface area contributed by atoms with Crippen molar-refractivity contribution in [1.82, 2.24) is 9.97 Å². The molecule has 1 aromatic heterocycles. The first-order chi connectivity index (χ1) is 15.3. The van der Waals surface area contributed by atoms with Crippen molar-refractivity contribution in [2.24, 2.45) is 5.41 Å². The summed E-state index contributed by atoms with van der Waals surface area (Å²) in [5, 5.41) is 3.01. The number of aromatic amines is 1. The van der Waals surface area contributed by atoms with Crippen molar-refractivity contribution in [3.05, 3.63) is 48.0 Å². The van der Waals surface area contributed by atoms with Gasteiger partial charge >= 0.3 is 12.6 Å². The van der Waals surface area contributed by atoms with E-state index in [0.29, 0.717) is 33.6 Å². The number of methoxy groups -OCH3 is 1. The Morgan fingerprint density at radius 2 is 1.78 bits per heavy atom. The predicted molar refractivity (Wildman–Crippen MR) is 121 cm³/mol. The number of aromatic nitrogens is 2. The van der Waals surface area contributed by atoms with Gasteiger partial charge < -0.3 is 19.8 Å². The molecule has 0 unspecified atom stereocenters. The number of benzene rings is 2. The SMILES string of the molecule is CC1(C)CCCCC1.COC(=O)c1ccc2nc(Nc3ccc(OC(F)F)cc3)[nH]c2c1. The van der Waals surface area contributed by atoms with Crippen LogP contribution in [0.4, 0.5) is 20.4 Å². The average Bonchev–Trinajstić information content (AvgIpc) is 3.16. The Bertz CT molecular complexity index is 1020. The minimum atomic E-state index is -2.86. The Morgan fingerprint density at radius 1 is 1.09 bits per heavy atom. The maximum absolute atomic E-state index is 12.1. The van der Waals surface area contributed by atoms with Gasteiger partial charge in [0.25, 0.3) is 0 Å². The summed E-state index contributed by atoms with van der Waals surface area (Å²) in [4.78, 5) is 18.9. The zero-order chi connectivity index (χ0) is 23.1. The zero-order valence-electron chi connectivity index (χ0n) is 18.6. The van der Waals surface area contributed by atoms with Gasteiger partial charge in [0.15, 0.2) is 0 Å². The number of halogens is 2. The fraction of sp³-hybridized carbons (Fsp3) is 0.417. The molecule has 6 nitrogen and oxygen atoms in total. The molecule has 1 fully saturated rings. The van der Waals surface area contributed by atoms with Crippen molar-refractivity contribution in [1.29, 1.82) is 0 Å². The van der Waals surface area contributed by atoms with Crippen LogP contribution >= 0.6 is 0 Å². The van der Waals surface area contributed by atoms with Crippen molar-refractivity contribution < 1.29 is 23.0 Å². The average molecular weight is 446 g/mol. The number of nitrogens with one attached hydrogen (secondary N) is 2. The number of hydrogen-bond acceptors (Lipinski definition) is 5. The molecule has 0 bridgehead atoms. The third-order valence-corrected chi connectivity index (χ3v) is 5.45. The maximum atomic E-state index is 12.1. The van der Waals surface area contributed by atoms with Crippen LogP contribution in [-0.4, -0.2) is 29.7 Å². The standard InChI is InChI=1S/C16H13F2N3O3.C8H16/c1-23-14(22)9-2-7-12-13(8-9)21-16(20-12)19-10-3-5-11(6-4-10)24-15(17)18;1-8(2)6-4-3-5-7-8/h2-8,15H,1H3,(H2,19,20,21);3-7H2,1-2H3. The van der Waals surface area contributed by atoms with Gasteiger partial charge in [0.05, 0.1) is 23.7 Å². The lowest BCUT2D eigenvalue weighted by Gasteiger charge is -2.28. The van der Waals surface area contributed by atoms with Crippen LogP contribution in [0.15, 0.2) is 42.5 Å². The molecule has 1 saturated carbocycles. The number of alkyl halides is 2. The number of hydrogen-bond donors (Lipinski definition) is 2. The van der Waals surface area contributed by atoms with Gasteiger partial charge in [-0.15, -0.1) is 0 Å². The van der Waals surface area contributed by atoms with Gasteiger partial charge in [-0.1, -0.05) is 33.1 Å². The Labute approximate surface area is 186 Å². The normalized spacial score (nSPS) is 15.1. The molecule has 0 amide bonds. The Hall–Kier alpha value is -3.16. The number of nitrogens with zero attached hydrogens (tertiary/aromatic N) is 1. The number of carbonyl (C=O) groups is 1. The van der Waals surface area contributed by atoms with Crippen LogP contribution in [0.5, 0.6) is 5.75 Å². The molecular formula is C24H29F2N3O3. The van der Waals surface area contributed by atoms with Crippen molar-refractivity contribution >= 4 is 28.6 Å². The molecule has 0 spiro atoms. The first-order valence-corrected chi connectivity index (χ1v) is 10.7. The van der Waals surface area contributed by atoms with E-state index in [1.165, 1.54) is 51.3 Å². The van der Waals surface area contributed by atoms with Crippen molar-refractivity contribution in [2.45, 2.75) is 52.6 Å². The quantitative estimate of drug-likeness (QED) is 0.429. The zero-order valence-corrected chi connectivity index (χ0v) is 18.6. The third-order valence-electron chi connectivity index (χ3n) is 5.45. The molecular weight excluding hydrogens is 416 g/mol. The summed E-state index contributed by atoms with van der Waals surface area (Å²) < 4.78 is 33.2. The van der Waals surface area contributed by atoms with E-state index in [1.807, 2.05) is 0 Å². The van der Waals surface area contributed by atoms with E-state index in [2.05, 4.69) is 38.6 Å². The number of fused-ring (bicyclic) bond motifs is 1. The smallest absolute Gasteiger partial charge is 0.387 e. The molecule has 3 aromatic rings. The summed E-state index contributed by atoms with van der Waals surface area (Å²) in [6.07, 6.45) is 7.31. The number of anilines is 2. The highest BCUT2D eigenvalue weighted by Gasteiger charge is 2.20. The molecule has 172 valence electrons. The summed E-state index contributed by atoms with van der Waals surface area (Å²) >= 11 is 0. The molecule has 8 heteroatoms. The number of ether oxygens (including phenoxy) is 2. The Kier molecular flexibility index (Phi) is 7.66. The van der Waals surface area contributed by atoms with E-state index < -0.39 is 12.6 Å². The van der Waals surface area contributed by atoms with Gasteiger partial charge in [0, 0.05) is 5.69 Å². The predicted octanol–water partition coefficient (Wildman–Crippen LogP) is 6.67. The van der Waals surface area contributed by atoms with E-state index in [-0.39, 0.29) is 5.75 Å². The Morgan fingerprint density at radius 3 is 2.34 bits per heavy atom. The fourth-order valence-electron chi connectivity index (χ4n) is 3.68. The van der Waals surface area contributed by atoms with Crippen LogP contribution in [0.3, 0.4) is 0 Å². The van der Waals surface area contributed by atoms with Crippen molar-refractivity contribution in [2.75, 3.05) is 12.4 Å². The topological polar surface area (TPSA) is 76.2 Å². The molecule has 2 N–H and O–H groups in total. The van der Waals surface area contributed by atoms with Gasteiger partial charge in [-0.05, 0) is 60.7 Å². The number of imidazole rings is 1. The molecule has 0 radical (unpaired) electrons. The minimum absolute atomic E-state index is 0.0721.